The molecular formula is C25H20FN7S. The lowest BCUT2D eigenvalue weighted by Gasteiger charge is -2.32. The summed E-state index contributed by atoms with van der Waals surface area (Å²) in [7, 11) is 0. The Balaban J connectivity index is 1.61. The van der Waals surface area contributed by atoms with Crippen LogP contribution in [0.25, 0.3) is 38.5 Å². The van der Waals surface area contributed by atoms with Crippen molar-refractivity contribution in [3.8, 4) is 23.1 Å². The number of anilines is 1. The number of nitriles is 1. The van der Waals surface area contributed by atoms with E-state index in [2.05, 4.69) is 14.9 Å². The highest BCUT2D eigenvalue weighted by atomic mass is 32.1. The first-order valence-electron chi connectivity index (χ1n) is 11.0. The Labute approximate surface area is 198 Å². The maximum atomic E-state index is 14.6. The largest absolute Gasteiger partial charge is 0.368 e. The number of nitrogens with two attached hydrogens (primary N) is 1. The van der Waals surface area contributed by atoms with Gasteiger partial charge in [-0.3, -0.25) is 4.57 Å². The number of halogens is 1. The van der Waals surface area contributed by atoms with Crippen LogP contribution in [0, 0.1) is 17.1 Å². The predicted octanol–water partition coefficient (Wildman–Crippen LogP) is 4.64. The summed E-state index contributed by atoms with van der Waals surface area (Å²) in [6.07, 6.45) is 3.79. The van der Waals surface area contributed by atoms with E-state index in [9.17, 15) is 4.39 Å². The molecule has 2 aromatic carbocycles. The number of fused-ring (bicyclic) bond motifs is 2. The molecule has 1 saturated heterocycles. The number of hydrogen-bond acceptors (Lipinski definition) is 7. The van der Waals surface area contributed by atoms with E-state index in [1.807, 2.05) is 40.4 Å². The first-order valence-corrected chi connectivity index (χ1v) is 11.9. The van der Waals surface area contributed by atoms with Crippen LogP contribution in [0.4, 0.5) is 10.1 Å². The molecule has 6 rings (SSSR count). The van der Waals surface area contributed by atoms with Crippen LogP contribution in [0.3, 0.4) is 0 Å². The Morgan fingerprint density at radius 3 is 2.88 bits per heavy atom. The van der Waals surface area contributed by atoms with Gasteiger partial charge in [0.25, 0.3) is 0 Å². The lowest BCUT2D eigenvalue weighted by molar-refractivity contribution is 0.507. The second-order valence-corrected chi connectivity index (χ2v) is 9.32. The third kappa shape index (κ3) is 3.39. The number of hydrogen-bond donors (Lipinski definition) is 1. The van der Waals surface area contributed by atoms with Crippen LogP contribution in [0.15, 0.2) is 54.2 Å². The molecule has 1 atom stereocenters. The van der Waals surface area contributed by atoms with Crippen molar-refractivity contribution in [3.63, 3.8) is 0 Å². The van der Waals surface area contributed by atoms with Crippen molar-refractivity contribution in [2.24, 2.45) is 5.73 Å². The molecule has 0 bridgehead atoms. The number of pyridine rings is 1. The zero-order chi connectivity index (χ0) is 23.2. The summed E-state index contributed by atoms with van der Waals surface area (Å²) in [5.41, 5.74) is 12.7. The van der Waals surface area contributed by atoms with Gasteiger partial charge in [-0.15, -0.1) is 11.3 Å². The normalized spacial score (nSPS) is 16.3. The van der Waals surface area contributed by atoms with Gasteiger partial charge in [0, 0.05) is 30.9 Å². The average Bonchev–Trinajstić information content (AvgIpc) is 3.48. The van der Waals surface area contributed by atoms with Crippen molar-refractivity contribution >= 4 is 38.4 Å². The molecule has 0 amide bonds. The quantitative estimate of drug-likeness (QED) is 0.414. The summed E-state index contributed by atoms with van der Waals surface area (Å²) in [6.45, 7) is 1.64. The predicted molar refractivity (Wildman–Crippen MR) is 132 cm³/mol. The summed E-state index contributed by atoms with van der Waals surface area (Å²) in [4.78, 5) is 16.4. The molecule has 0 saturated carbocycles. The molecule has 0 aliphatic carbocycles. The highest BCUT2D eigenvalue weighted by Crippen LogP contribution is 2.35. The molecule has 4 heterocycles. The third-order valence-corrected chi connectivity index (χ3v) is 7.05. The molecule has 7 nitrogen and oxygen atoms in total. The van der Waals surface area contributed by atoms with E-state index in [1.165, 1.54) is 12.1 Å². The van der Waals surface area contributed by atoms with E-state index >= 15 is 0 Å². The number of nitrogens with zero attached hydrogens (tertiary/aromatic N) is 6. The van der Waals surface area contributed by atoms with Gasteiger partial charge in [-0.2, -0.15) is 5.26 Å². The SMILES string of the molecule is N#Cc1ccc(-c2nc3c(N4CCCC(N)C4)ccnc3n2-c2ccc3scnc3c2)cc1F. The summed E-state index contributed by atoms with van der Waals surface area (Å²) in [5, 5.41) is 9.17. The van der Waals surface area contributed by atoms with Crippen molar-refractivity contribution in [2.45, 2.75) is 18.9 Å². The van der Waals surface area contributed by atoms with E-state index in [0.717, 1.165) is 53.0 Å². The maximum absolute atomic E-state index is 14.6. The van der Waals surface area contributed by atoms with Crippen LogP contribution in [-0.2, 0) is 0 Å². The molecule has 5 aromatic rings. The Kier molecular flexibility index (Phi) is 4.98. The fraction of sp³-hybridized carbons (Fsp3) is 0.200. The molecule has 2 N–H and O–H groups in total. The van der Waals surface area contributed by atoms with Gasteiger partial charge in [-0.1, -0.05) is 0 Å². The fourth-order valence-corrected chi connectivity index (χ4v) is 5.27. The smallest absolute Gasteiger partial charge is 0.167 e. The number of rotatable bonds is 3. The topological polar surface area (TPSA) is 96.6 Å². The van der Waals surface area contributed by atoms with Crippen molar-refractivity contribution in [3.05, 3.63) is 65.6 Å². The minimum atomic E-state index is -0.580. The van der Waals surface area contributed by atoms with E-state index in [1.54, 1.807) is 23.6 Å². The van der Waals surface area contributed by atoms with Gasteiger partial charge in [0.2, 0.25) is 0 Å². The van der Waals surface area contributed by atoms with E-state index in [0.29, 0.717) is 17.0 Å². The molecule has 1 fully saturated rings. The molecule has 168 valence electrons. The second kappa shape index (κ2) is 8.17. The Morgan fingerprint density at radius 1 is 1.15 bits per heavy atom. The Morgan fingerprint density at radius 2 is 2.06 bits per heavy atom. The average molecular weight is 470 g/mol. The maximum Gasteiger partial charge on any atom is 0.167 e. The number of benzene rings is 2. The molecule has 0 spiro atoms. The van der Waals surface area contributed by atoms with Gasteiger partial charge >= 0.3 is 0 Å². The van der Waals surface area contributed by atoms with Gasteiger partial charge in [0.1, 0.15) is 23.2 Å². The molecule has 3 aromatic heterocycles. The monoisotopic (exact) mass is 469 g/mol. The molecule has 1 aliphatic rings. The molecular weight excluding hydrogens is 449 g/mol. The number of piperidine rings is 1. The highest BCUT2D eigenvalue weighted by Gasteiger charge is 2.24. The Hall–Kier alpha value is -3.87. The van der Waals surface area contributed by atoms with E-state index in [-0.39, 0.29) is 11.6 Å². The van der Waals surface area contributed by atoms with Crippen LogP contribution >= 0.6 is 11.3 Å². The Bertz CT molecular complexity index is 1580. The number of thiazole rings is 1. The first-order chi connectivity index (χ1) is 16.6. The third-order valence-electron chi connectivity index (χ3n) is 6.24. The number of imidazole rings is 1. The summed E-state index contributed by atoms with van der Waals surface area (Å²) < 4.78 is 17.6. The van der Waals surface area contributed by atoms with Gasteiger partial charge in [-0.25, -0.2) is 19.3 Å². The fourth-order valence-electron chi connectivity index (χ4n) is 4.61. The van der Waals surface area contributed by atoms with Crippen LogP contribution in [-0.4, -0.2) is 38.7 Å². The van der Waals surface area contributed by atoms with E-state index in [4.69, 9.17) is 16.0 Å². The van der Waals surface area contributed by atoms with E-state index < -0.39 is 5.82 Å². The van der Waals surface area contributed by atoms with Crippen molar-refractivity contribution in [1.82, 2.24) is 19.5 Å². The standard InChI is InChI=1S/C25H20FN7S/c26-19-10-15(3-4-16(19)12-27)24-31-23-21(32-9-1-2-17(28)13-32)7-8-29-25(23)33(24)18-5-6-22-20(11-18)30-14-34-22/h3-8,10-11,14,17H,1-2,9,13,28H2. The molecule has 1 aliphatic heterocycles. The van der Waals surface area contributed by atoms with Crippen LogP contribution < -0.4 is 10.6 Å². The van der Waals surface area contributed by atoms with Crippen LogP contribution in [0.2, 0.25) is 0 Å². The summed E-state index contributed by atoms with van der Waals surface area (Å²) in [5.74, 6) is -0.0297. The minimum absolute atomic E-state index is 0.00331. The number of aromatic nitrogens is 4. The van der Waals surface area contributed by atoms with Gasteiger partial charge in [0.15, 0.2) is 5.65 Å². The van der Waals surface area contributed by atoms with Gasteiger partial charge < -0.3 is 10.6 Å². The lowest BCUT2D eigenvalue weighted by atomic mass is 10.1. The molecule has 34 heavy (non-hydrogen) atoms. The van der Waals surface area contributed by atoms with Crippen molar-refractivity contribution in [2.75, 3.05) is 18.0 Å². The second-order valence-electron chi connectivity index (χ2n) is 8.43. The zero-order valence-electron chi connectivity index (χ0n) is 18.1. The van der Waals surface area contributed by atoms with Gasteiger partial charge in [0.05, 0.1) is 32.7 Å². The first kappa shape index (κ1) is 20.7. The zero-order valence-corrected chi connectivity index (χ0v) is 19.0. The van der Waals surface area contributed by atoms with Crippen LogP contribution in [0.1, 0.15) is 18.4 Å². The highest BCUT2D eigenvalue weighted by molar-refractivity contribution is 7.16. The summed E-state index contributed by atoms with van der Waals surface area (Å²) >= 11 is 1.57. The lowest BCUT2D eigenvalue weighted by Crippen LogP contribution is -2.42. The van der Waals surface area contributed by atoms with Crippen LogP contribution in [0.5, 0.6) is 0 Å². The van der Waals surface area contributed by atoms with Gasteiger partial charge in [-0.05, 0) is 55.3 Å². The molecule has 1 unspecified atom stereocenters. The summed E-state index contributed by atoms with van der Waals surface area (Å²) in [6, 6.07) is 14.5. The van der Waals surface area contributed by atoms with Crippen molar-refractivity contribution in [1.29, 1.82) is 5.26 Å². The minimum Gasteiger partial charge on any atom is -0.368 e. The molecule has 9 heteroatoms. The molecule has 0 radical (unpaired) electrons. The van der Waals surface area contributed by atoms with Crippen molar-refractivity contribution < 1.29 is 4.39 Å².